The molecular formula is C9H9NO3S. The van der Waals surface area contributed by atoms with Crippen molar-refractivity contribution in [1.29, 1.82) is 0 Å². The quantitative estimate of drug-likeness (QED) is 0.603. The van der Waals surface area contributed by atoms with Gasteiger partial charge in [0.25, 0.3) is 0 Å². The molecule has 5 heteroatoms. The summed E-state index contributed by atoms with van der Waals surface area (Å²) in [5.74, 6) is 1.49. The Morgan fingerprint density at radius 3 is 2.86 bits per heavy atom. The van der Waals surface area contributed by atoms with Gasteiger partial charge in [-0.25, -0.2) is 0 Å². The molecule has 0 unspecified atom stereocenters. The fraction of sp³-hybridized carbons (Fsp3) is 0.222. The molecule has 74 valence electrons. The zero-order valence-electron chi connectivity index (χ0n) is 7.36. The van der Waals surface area contributed by atoms with Crippen molar-refractivity contribution in [3.63, 3.8) is 0 Å². The highest BCUT2D eigenvalue weighted by molar-refractivity contribution is 7.97. The van der Waals surface area contributed by atoms with Gasteiger partial charge in [0.1, 0.15) is 13.2 Å². The van der Waals surface area contributed by atoms with Crippen LogP contribution in [-0.4, -0.2) is 19.6 Å². The fourth-order valence-electron chi connectivity index (χ4n) is 1.18. The van der Waals surface area contributed by atoms with Gasteiger partial charge in [-0.1, -0.05) is 0 Å². The van der Waals surface area contributed by atoms with Crippen LogP contribution in [0.2, 0.25) is 0 Å². The van der Waals surface area contributed by atoms with E-state index in [0.717, 1.165) is 16.4 Å². The van der Waals surface area contributed by atoms with Gasteiger partial charge in [-0.2, -0.15) is 0 Å². The first kappa shape index (κ1) is 9.21. The largest absolute Gasteiger partial charge is 0.486 e. The monoisotopic (exact) mass is 211 g/mol. The highest BCUT2D eigenvalue weighted by Gasteiger charge is 2.11. The molecule has 1 aliphatic rings. The Bertz CT molecular complexity index is 343. The predicted molar refractivity (Wildman–Crippen MR) is 52.5 cm³/mol. The van der Waals surface area contributed by atoms with E-state index in [0.29, 0.717) is 19.6 Å². The van der Waals surface area contributed by atoms with E-state index < -0.39 is 0 Å². The van der Waals surface area contributed by atoms with Crippen molar-refractivity contribution in [1.82, 2.24) is 4.72 Å². The van der Waals surface area contributed by atoms with Gasteiger partial charge in [0.2, 0.25) is 6.41 Å². The molecule has 4 nitrogen and oxygen atoms in total. The Morgan fingerprint density at radius 1 is 1.29 bits per heavy atom. The molecule has 1 aromatic rings. The fourth-order valence-corrected chi connectivity index (χ4v) is 1.67. The maximum atomic E-state index is 10.1. The lowest BCUT2D eigenvalue weighted by atomic mass is 10.3. The summed E-state index contributed by atoms with van der Waals surface area (Å²) in [6, 6.07) is 5.55. The Morgan fingerprint density at radius 2 is 2.07 bits per heavy atom. The third-order valence-corrected chi connectivity index (χ3v) is 2.44. The Balaban J connectivity index is 2.16. The molecular weight excluding hydrogens is 202 g/mol. The van der Waals surface area contributed by atoms with Crippen molar-refractivity contribution >= 4 is 18.4 Å². The summed E-state index contributed by atoms with van der Waals surface area (Å²) >= 11 is 1.24. The molecule has 0 saturated heterocycles. The van der Waals surface area contributed by atoms with Crippen molar-refractivity contribution in [2.45, 2.75) is 4.90 Å². The molecule has 0 bridgehead atoms. The minimum atomic E-state index is 0.572. The number of nitrogens with one attached hydrogen (secondary N) is 1. The van der Waals surface area contributed by atoms with Crippen LogP contribution < -0.4 is 14.2 Å². The van der Waals surface area contributed by atoms with Gasteiger partial charge in [0.15, 0.2) is 11.5 Å². The van der Waals surface area contributed by atoms with Crippen LogP contribution in [0.3, 0.4) is 0 Å². The molecule has 1 aliphatic heterocycles. The molecule has 1 N–H and O–H groups in total. The van der Waals surface area contributed by atoms with Gasteiger partial charge in [0, 0.05) is 4.90 Å². The van der Waals surface area contributed by atoms with Crippen LogP contribution >= 0.6 is 11.9 Å². The topological polar surface area (TPSA) is 47.6 Å². The lowest BCUT2D eigenvalue weighted by Crippen LogP contribution is -2.15. The number of ether oxygens (including phenoxy) is 2. The van der Waals surface area contributed by atoms with Gasteiger partial charge < -0.3 is 9.47 Å². The summed E-state index contributed by atoms with van der Waals surface area (Å²) in [4.78, 5) is 11.0. The summed E-state index contributed by atoms with van der Waals surface area (Å²) in [6.07, 6.45) is 0.640. The molecule has 0 aromatic heterocycles. The molecule has 0 saturated carbocycles. The Hall–Kier alpha value is -1.36. The van der Waals surface area contributed by atoms with E-state index in [1.807, 2.05) is 18.2 Å². The van der Waals surface area contributed by atoms with Crippen LogP contribution in [0.15, 0.2) is 23.1 Å². The van der Waals surface area contributed by atoms with Crippen LogP contribution in [0.25, 0.3) is 0 Å². The molecule has 1 heterocycles. The number of fused-ring (bicyclic) bond motifs is 1. The highest BCUT2D eigenvalue weighted by Crippen LogP contribution is 2.33. The van der Waals surface area contributed by atoms with Gasteiger partial charge in [-0.05, 0) is 30.1 Å². The number of amides is 1. The number of hydrogen-bond acceptors (Lipinski definition) is 4. The smallest absolute Gasteiger partial charge is 0.217 e. The van der Waals surface area contributed by atoms with E-state index in [4.69, 9.17) is 9.47 Å². The second-order valence-electron chi connectivity index (χ2n) is 2.64. The molecule has 0 fully saturated rings. The van der Waals surface area contributed by atoms with Gasteiger partial charge in [-0.3, -0.25) is 9.52 Å². The summed E-state index contributed by atoms with van der Waals surface area (Å²) < 4.78 is 13.3. The summed E-state index contributed by atoms with van der Waals surface area (Å²) in [7, 11) is 0. The zero-order chi connectivity index (χ0) is 9.80. The van der Waals surface area contributed by atoms with Crippen molar-refractivity contribution in [2.75, 3.05) is 13.2 Å². The SMILES string of the molecule is O=CNSc1ccc2c(c1)OCCO2. The first-order valence-corrected chi connectivity index (χ1v) is 4.97. The van der Waals surface area contributed by atoms with Crippen molar-refractivity contribution in [3.05, 3.63) is 18.2 Å². The molecule has 14 heavy (non-hydrogen) atoms. The normalized spacial score (nSPS) is 13.4. The number of rotatable bonds is 3. The summed E-state index contributed by atoms with van der Waals surface area (Å²) in [5.41, 5.74) is 0. The summed E-state index contributed by atoms with van der Waals surface area (Å²) in [6.45, 7) is 1.16. The van der Waals surface area contributed by atoms with Crippen LogP contribution in [0.1, 0.15) is 0 Å². The standard InChI is InChI=1S/C9H9NO3S/c11-6-10-14-7-1-2-8-9(5-7)13-4-3-12-8/h1-2,5-6H,3-4H2,(H,10,11). The van der Waals surface area contributed by atoms with Gasteiger partial charge >= 0.3 is 0 Å². The molecule has 1 amide bonds. The van der Waals surface area contributed by atoms with Crippen molar-refractivity contribution in [2.24, 2.45) is 0 Å². The summed E-state index contributed by atoms with van der Waals surface area (Å²) in [5, 5.41) is 0. The average Bonchev–Trinajstić information content (AvgIpc) is 2.26. The van der Waals surface area contributed by atoms with E-state index in [-0.39, 0.29) is 0 Å². The lowest BCUT2D eigenvalue weighted by Gasteiger charge is -2.18. The van der Waals surface area contributed by atoms with Gasteiger partial charge in [0.05, 0.1) is 0 Å². The highest BCUT2D eigenvalue weighted by atomic mass is 32.2. The van der Waals surface area contributed by atoms with E-state index in [9.17, 15) is 4.79 Å². The van der Waals surface area contributed by atoms with E-state index in [1.165, 1.54) is 11.9 Å². The molecule has 1 aromatic carbocycles. The number of hydrogen-bond donors (Lipinski definition) is 1. The third-order valence-electron chi connectivity index (χ3n) is 1.74. The molecule has 0 radical (unpaired) electrons. The number of benzene rings is 1. The Labute approximate surface area is 85.7 Å². The van der Waals surface area contributed by atoms with Crippen LogP contribution in [0.5, 0.6) is 11.5 Å². The third kappa shape index (κ3) is 1.93. The minimum absolute atomic E-state index is 0.572. The van der Waals surface area contributed by atoms with Crippen LogP contribution in [0, 0.1) is 0 Å². The second kappa shape index (κ2) is 4.23. The molecule has 0 aliphatic carbocycles. The Kier molecular flexibility index (Phi) is 2.78. The van der Waals surface area contributed by atoms with Gasteiger partial charge in [-0.15, -0.1) is 0 Å². The van der Waals surface area contributed by atoms with E-state index in [2.05, 4.69) is 4.72 Å². The first-order chi connectivity index (χ1) is 6.90. The number of carbonyl (C=O) groups is 1. The van der Waals surface area contributed by atoms with Crippen molar-refractivity contribution < 1.29 is 14.3 Å². The zero-order valence-corrected chi connectivity index (χ0v) is 8.17. The maximum Gasteiger partial charge on any atom is 0.217 e. The molecule has 0 atom stereocenters. The van der Waals surface area contributed by atoms with E-state index in [1.54, 1.807) is 0 Å². The van der Waals surface area contributed by atoms with E-state index >= 15 is 0 Å². The van der Waals surface area contributed by atoms with Crippen LogP contribution in [0.4, 0.5) is 0 Å². The lowest BCUT2D eigenvalue weighted by molar-refractivity contribution is -0.107. The minimum Gasteiger partial charge on any atom is -0.486 e. The van der Waals surface area contributed by atoms with Crippen LogP contribution in [-0.2, 0) is 4.79 Å². The first-order valence-electron chi connectivity index (χ1n) is 4.16. The maximum absolute atomic E-state index is 10.1. The second-order valence-corrected chi connectivity index (χ2v) is 3.55. The molecule has 2 rings (SSSR count). The number of carbonyl (C=O) groups excluding carboxylic acids is 1. The predicted octanol–water partition coefficient (Wildman–Crippen LogP) is 1.21. The van der Waals surface area contributed by atoms with Crippen molar-refractivity contribution in [3.8, 4) is 11.5 Å². The molecule has 0 spiro atoms. The average molecular weight is 211 g/mol.